The lowest BCUT2D eigenvalue weighted by atomic mass is 9.71. The van der Waals surface area contributed by atoms with Crippen LogP contribution < -0.4 is 0 Å². The van der Waals surface area contributed by atoms with Crippen LogP contribution in [0.25, 0.3) is 0 Å². The predicted octanol–water partition coefficient (Wildman–Crippen LogP) is 2.10. The summed E-state index contributed by atoms with van der Waals surface area (Å²) in [5.41, 5.74) is 1.44. The average Bonchev–Trinajstić information content (AvgIpc) is 2.45. The highest BCUT2D eigenvalue weighted by atomic mass is 16.2. The van der Waals surface area contributed by atoms with E-state index in [0.29, 0.717) is 18.0 Å². The molecule has 0 N–H and O–H groups in total. The minimum atomic E-state index is 0.220. The van der Waals surface area contributed by atoms with Crippen molar-refractivity contribution in [1.29, 1.82) is 0 Å². The van der Waals surface area contributed by atoms with Crippen molar-refractivity contribution in [3.63, 3.8) is 0 Å². The van der Waals surface area contributed by atoms with Gasteiger partial charge in [-0.15, -0.1) is 0 Å². The first-order valence-electron chi connectivity index (χ1n) is 7.28. The molecule has 0 saturated carbocycles. The van der Waals surface area contributed by atoms with E-state index in [9.17, 15) is 4.79 Å². The molecule has 2 aliphatic heterocycles. The first kappa shape index (κ1) is 12.7. The van der Waals surface area contributed by atoms with Gasteiger partial charge in [-0.25, -0.2) is 0 Å². The number of carbonyl (C=O) groups excluding carboxylic acids is 1. The molecule has 2 aliphatic rings. The van der Waals surface area contributed by atoms with Gasteiger partial charge in [-0.05, 0) is 18.5 Å². The van der Waals surface area contributed by atoms with Crippen molar-refractivity contribution < 1.29 is 4.79 Å². The zero-order valence-corrected chi connectivity index (χ0v) is 11.7. The first-order valence-corrected chi connectivity index (χ1v) is 7.28. The van der Waals surface area contributed by atoms with Gasteiger partial charge in [0.1, 0.15) is 0 Å². The number of hydrogen-bond donors (Lipinski definition) is 0. The maximum Gasteiger partial charge on any atom is 0.219 e. The second-order valence-electron chi connectivity index (χ2n) is 5.73. The molecule has 2 saturated heterocycles. The second-order valence-corrected chi connectivity index (χ2v) is 5.73. The predicted molar refractivity (Wildman–Crippen MR) is 76.0 cm³/mol. The minimum absolute atomic E-state index is 0.220. The van der Waals surface area contributed by atoms with Crippen LogP contribution in [0.1, 0.15) is 31.7 Å². The van der Waals surface area contributed by atoms with E-state index in [-0.39, 0.29) is 5.91 Å². The third kappa shape index (κ3) is 2.06. The van der Waals surface area contributed by atoms with Crippen LogP contribution in [0.15, 0.2) is 30.3 Å². The number of benzene rings is 1. The maximum atomic E-state index is 11.6. The van der Waals surface area contributed by atoms with Crippen molar-refractivity contribution in [2.45, 2.75) is 38.3 Å². The Hall–Kier alpha value is -1.35. The van der Waals surface area contributed by atoms with E-state index < -0.39 is 0 Å². The van der Waals surface area contributed by atoms with Crippen LogP contribution in [-0.2, 0) is 4.79 Å². The molecule has 0 radical (unpaired) electrons. The molecule has 3 atom stereocenters. The number of fused-ring (bicyclic) bond motifs is 2. The Morgan fingerprint density at radius 3 is 2.37 bits per heavy atom. The van der Waals surface area contributed by atoms with E-state index in [2.05, 4.69) is 42.2 Å². The summed E-state index contributed by atoms with van der Waals surface area (Å²) in [5, 5.41) is 0. The second kappa shape index (κ2) is 4.97. The zero-order chi connectivity index (χ0) is 13.4. The number of piperidine rings is 1. The van der Waals surface area contributed by atoms with Crippen LogP contribution in [0.5, 0.6) is 0 Å². The van der Waals surface area contributed by atoms with E-state index in [1.807, 2.05) is 4.90 Å². The molecule has 3 rings (SSSR count). The van der Waals surface area contributed by atoms with Gasteiger partial charge in [-0.1, -0.05) is 37.3 Å². The summed E-state index contributed by atoms with van der Waals surface area (Å²) in [7, 11) is 0. The number of rotatable bonds is 3. The Balaban J connectivity index is 1.80. The van der Waals surface area contributed by atoms with Gasteiger partial charge in [0.05, 0.1) is 0 Å². The van der Waals surface area contributed by atoms with E-state index in [4.69, 9.17) is 0 Å². The SMILES string of the molecule is CCCN1[C@@H]2CN(C(C)=O)C[C@H]1C2c1ccccc1. The topological polar surface area (TPSA) is 23.6 Å². The summed E-state index contributed by atoms with van der Waals surface area (Å²) in [4.78, 5) is 16.2. The van der Waals surface area contributed by atoms with E-state index in [0.717, 1.165) is 19.6 Å². The average molecular weight is 258 g/mol. The Kier molecular flexibility index (Phi) is 3.31. The number of carbonyl (C=O) groups is 1. The summed E-state index contributed by atoms with van der Waals surface area (Å²) in [6.45, 7) is 6.86. The Morgan fingerprint density at radius 2 is 1.84 bits per heavy atom. The van der Waals surface area contributed by atoms with Crippen molar-refractivity contribution >= 4 is 5.91 Å². The smallest absolute Gasteiger partial charge is 0.219 e. The molecule has 1 amide bonds. The summed E-state index contributed by atoms with van der Waals surface area (Å²) in [6, 6.07) is 11.8. The van der Waals surface area contributed by atoms with Gasteiger partial charge in [-0.3, -0.25) is 9.69 Å². The van der Waals surface area contributed by atoms with Crippen molar-refractivity contribution in [3.05, 3.63) is 35.9 Å². The van der Waals surface area contributed by atoms with E-state index in [1.54, 1.807) is 6.92 Å². The van der Waals surface area contributed by atoms with Crippen LogP contribution in [0, 0.1) is 0 Å². The fraction of sp³-hybridized carbons (Fsp3) is 0.562. The molecule has 3 nitrogen and oxygen atoms in total. The van der Waals surface area contributed by atoms with Gasteiger partial charge in [-0.2, -0.15) is 0 Å². The fourth-order valence-corrected chi connectivity index (χ4v) is 3.74. The number of likely N-dealkylation sites (tertiary alicyclic amines) is 1. The van der Waals surface area contributed by atoms with Gasteiger partial charge in [0.25, 0.3) is 0 Å². The molecule has 1 aromatic carbocycles. The number of nitrogens with zero attached hydrogens (tertiary/aromatic N) is 2. The first-order chi connectivity index (χ1) is 9.22. The van der Waals surface area contributed by atoms with Crippen LogP contribution in [0.2, 0.25) is 0 Å². The van der Waals surface area contributed by atoms with Gasteiger partial charge in [0.2, 0.25) is 5.91 Å². The molecule has 0 aliphatic carbocycles. The molecular weight excluding hydrogens is 236 g/mol. The van der Waals surface area contributed by atoms with Gasteiger partial charge < -0.3 is 4.90 Å². The third-order valence-corrected chi connectivity index (χ3v) is 4.61. The fourth-order valence-electron chi connectivity index (χ4n) is 3.74. The highest BCUT2D eigenvalue weighted by Gasteiger charge is 2.53. The summed E-state index contributed by atoms with van der Waals surface area (Å²) in [6.07, 6.45) is 1.19. The quantitative estimate of drug-likeness (QED) is 0.829. The van der Waals surface area contributed by atoms with Gasteiger partial charge >= 0.3 is 0 Å². The van der Waals surface area contributed by atoms with E-state index in [1.165, 1.54) is 12.0 Å². The summed E-state index contributed by atoms with van der Waals surface area (Å²) >= 11 is 0. The molecule has 1 unspecified atom stereocenters. The van der Waals surface area contributed by atoms with Crippen LogP contribution in [0.3, 0.4) is 0 Å². The lowest BCUT2D eigenvalue weighted by Gasteiger charge is -2.62. The van der Waals surface area contributed by atoms with Crippen molar-refractivity contribution in [1.82, 2.24) is 9.80 Å². The monoisotopic (exact) mass is 258 g/mol. The van der Waals surface area contributed by atoms with Crippen molar-refractivity contribution in [2.75, 3.05) is 19.6 Å². The molecule has 2 heterocycles. The van der Waals surface area contributed by atoms with Crippen LogP contribution >= 0.6 is 0 Å². The molecule has 2 bridgehead atoms. The van der Waals surface area contributed by atoms with Crippen LogP contribution in [-0.4, -0.2) is 47.4 Å². The molecule has 3 heteroatoms. The molecule has 2 fully saturated rings. The largest absolute Gasteiger partial charge is 0.340 e. The summed E-state index contributed by atoms with van der Waals surface area (Å²) in [5.74, 6) is 0.834. The molecule has 1 aromatic rings. The minimum Gasteiger partial charge on any atom is -0.340 e. The molecule has 0 aromatic heterocycles. The molecular formula is C16H22N2O. The zero-order valence-electron chi connectivity index (χ0n) is 11.7. The highest BCUT2D eigenvalue weighted by Crippen LogP contribution is 2.44. The van der Waals surface area contributed by atoms with Gasteiger partial charge in [0.15, 0.2) is 0 Å². The number of hydrogen-bond acceptors (Lipinski definition) is 2. The highest BCUT2D eigenvalue weighted by molar-refractivity contribution is 5.73. The Bertz CT molecular complexity index is 445. The maximum absolute atomic E-state index is 11.6. The van der Waals surface area contributed by atoms with Crippen molar-refractivity contribution in [2.24, 2.45) is 0 Å². The molecule has 19 heavy (non-hydrogen) atoms. The lowest BCUT2D eigenvalue weighted by molar-refractivity contribution is -0.145. The van der Waals surface area contributed by atoms with Crippen LogP contribution in [0.4, 0.5) is 0 Å². The Morgan fingerprint density at radius 1 is 1.21 bits per heavy atom. The van der Waals surface area contributed by atoms with Crippen molar-refractivity contribution in [3.8, 4) is 0 Å². The van der Waals surface area contributed by atoms with Gasteiger partial charge in [0, 0.05) is 38.0 Å². The molecule has 0 spiro atoms. The Labute approximate surface area is 115 Å². The summed E-state index contributed by atoms with van der Waals surface area (Å²) < 4.78 is 0. The third-order valence-electron chi connectivity index (χ3n) is 4.61. The number of piperazine rings is 1. The normalized spacial score (nSPS) is 30.0. The standard InChI is InChI=1S/C16H22N2O/c1-3-9-18-14-10-17(12(2)19)11-15(18)16(14)13-7-5-4-6-8-13/h4-8,14-16H,3,9-11H2,1-2H3/t14-,15+,16?. The van der Waals surface area contributed by atoms with E-state index >= 15 is 0 Å². The lowest BCUT2D eigenvalue weighted by Crippen LogP contribution is -2.73. The number of amides is 1. The molecule has 102 valence electrons.